The summed E-state index contributed by atoms with van der Waals surface area (Å²) in [5.41, 5.74) is 0.931. The van der Waals surface area contributed by atoms with Crippen LogP contribution >= 0.6 is 23.5 Å². The lowest BCUT2D eigenvalue weighted by molar-refractivity contribution is -0.131. The van der Waals surface area contributed by atoms with E-state index >= 15 is 0 Å². The van der Waals surface area contributed by atoms with Gasteiger partial charge in [-0.25, -0.2) is 0 Å². The van der Waals surface area contributed by atoms with Gasteiger partial charge in [-0.1, -0.05) is 12.1 Å². The summed E-state index contributed by atoms with van der Waals surface area (Å²) in [5, 5.41) is 21.2. The van der Waals surface area contributed by atoms with Crippen molar-refractivity contribution in [2.45, 2.75) is 12.2 Å². The number of rotatable bonds is 5. The number of carbonyl (C=O) groups is 1. The number of nitriles is 2. The Morgan fingerprint density at radius 3 is 2.50 bits per heavy atom. The zero-order valence-corrected chi connectivity index (χ0v) is 11.3. The second-order valence-electron chi connectivity index (χ2n) is 3.26. The maximum Gasteiger partial charge on any atom is 0.308 e. The fourth-order valence-corrected chi connectivity index (χ4v) is 2.61. The van der Waals surface area contributed by atoms with Crippen molar-refractivity contribution in [2.75, 3.05) is 5.75 Å². The quantitative estimate of drug-likeness (QED) is 0.468. The molecule has 0 amide bonds. The van der Waals surface area contributed by atoms with Gasteiger partial charge >= 0.3 is 5.97 Å². The van der Waals surface area contributed by atoms with Gasteiger partial charge in [0.2, 0.25) is 0 Å². The minimum atomic E-state index is -0.370. The second kappa shape index (κ2) is 7.65. The minimum absolute atomic E-state index is 0.0639. The lowest BCUT2D eigenvalue weighted by atomic mass is 10.1. The number of hydrogen-bond donors (Lipinski definition) is 0. The molecule has 92 valence electrons. The molecule has 0 aromatic heterocycles. The highest BCUT2D eigenvalue weighted by Gasteiger charge is 2.12. The lowest BCUT2D eigenvalue weighted by Crippen LogP contribution is -2.02. The van der Waals surface area contributed by atoms with E-state index in [1.54, 1.807) is 24.3 Å². The standard InChI is InChI=1S/C12H10N2O2S2/c1-9(15)16-11-4-2-10(3-5-11)12(18-8-14)6-17-7-13/h2-5,12H,6H2,1H3. The van der Waals surface area contributed by atoms with Crippen molar-refractivity contribution in [3.05, 3.63) is 29.8 Å². The predicted octanol–water partition coefficient (Wildman–Crippen LogP) is 3.08. The van der Waals surface area contributed by atoms with Crippen LogP contribution < -0.4 is 4.74 Å². The summed E-state index contributed by atoms with van der Waals surface area (Å²) in [5.74, 6) is 0.646. The van der Waals surface area contributed by atoms with Crippen LogP contribution in [0.4, 0.5) is 0 Å². The van der Waals surface area contributed by atoms with Gasteiger partial charge in [-0.05, 0) is 41.2 Å². The van der Waals surface area contributed by atoms with Crippen molar-refractivity contribution >= 4 is 29.5 Å². The molecule has 0 radical (unpaired) electrons. The summed E-state index contributed by atoms with van der Waals surface area (Å²) in [7, 11) is 0. The Hall–Kier alpha value is -1.63. The van der Waals surface area contributed by atoms with E-state index in [0.717, 1.165) is 29.1 Å². The van der Waals surface area contributed by atoms with E-state index in [2.05, 4.69) is 0 Å². The van der Waals surface area contributed by atoms with Gasteiger partial charge in [0.05, 0.1) is 5.25 Å². The van der Waals surface area contributed by atoms with Crippen molar-refractivity contribution < 1.29 is 9.53 Å². The Morgan fingerprint density at radius 2 is 2.00 bits per heavy atom. The average molecular weight is 278 g/mol. The molecule has 1 atom stereocenters. The molecule has 0 heterocycles. The highest BCUT2D eigenvalue weighted by Crippen LogP contribution is 2.32. The molecule has 4 nitrogen and oxygen atoms in total. The SMILES string of the molecule is CC(=O)Oc1ccc(C(CSC#N)SC#N)cc1. The Balaban J connectivity index is 2.77. The first-order chi connectivity index (χ1) is 8.67. The molecule has 0 saturated heterocycles. The molecule has 18 heavy (non-hydrogen) atoms. The highest BCUT2D eigenvalue weighted by atomic mass is 32.2. The maximum absolute atomic E-state index is 10.8. The van der Waals surface area contributed by atoms with E-state index in [-0.39, 0.29) is 11.2 Å². The Kier molecular flexibility index (Phi) is 6.13. The molecule has 0 saturated carbocycles. The van der Waals surface area contributed by atoms with Gasteiger partial charge in [-0.2, -0.15) is 10.5 Å². The number of esters is 1. The molecule has 0 fully saturated rings. The number of thioether (sulfide) groups is 2. The first kappa shape index (κ1) is 14.4. The number of thiocyanates is 2. The van der Waals surface area contributed by atoms with Crippen LogP contribution in [-0.4, -0.2) is 11.7 Å². The van der Waals surface area contributed by atoms with E-state index in [1.807, 2.05) is 10.8 Å². The molecule has 0 aliphatic heterocycles. The molecule has 0 aliphatic carbocycles. The summed E-state index contributed by atoms with van der Waals surface area (Å²) in [4.78, 5) is 10.8. The normalized spacial score (nSPS) is 11.1. The van der Waals surface area contributed by atoms with Gasteiger partial charge in [0.15, 0.2) is 0 Å². The molecule has 0 spiro atoms. The van der Waals surface area contributed by atoms with Gasteiger partial charge in [-0.3, -0.25) is 4.79 Å². The van der Waals surface area contributed by atoms with Crippen LogP contribution in [0.2, 0.25) is 0 Å². The Morgan fingerprint density at radius 1 is 1.33 bits per heavy atom. The maximum atomic E-state index is 10.8. The van der Waals surface area contributed by atoms with Crippen molar-refractivity contribution in [1.82, 2.24) is 0 Å². The molecule has 0 aliphatic rings. The smallest absolute Gasteiger partial charge is 0.308 e. The third kappa shape index (κ3) is 4.70. The topological polar surface area (TPSA) is 73.9 Å². The number of nitrogens with zero attached hydrogens (tertiary/aromatic N) is 2. The monoisotopic (exact) mass is 278 g/mol. The zero-order chi connectivity index (χ0) is 13.4. The fourth-order valence-electron chi connectivity index (χ4n) is 1.29. The summed E-state index contributed by atoms with van der Waals surface area (Å²) < 4.78 is 4.92. The lowest BCUT2D eigenvalue weighted by Gasteiger charge is -2.11. The van der Waals surface area contributed by atoms with Gasteiger partial charge in [0.25, 0.3) is 0 Å². The zero-order valence-electron chi connectivity index (χ0n) is 9.62. The second-order valence-corrected chi connectivity index (χ2v) is 5.05. The summed E-state index contributed by atoms with van der Waals surface area (Å²) in [6.45, 7) is 1.34. The molecular weight excluding hydrogens is 268 g/mol. The third-order valence-electron chi connectivity index (χ3n) is 2.01. The molecule has 1 aromatic carbocycles. The van der Waals surface area contributed by atoms with Crippen LogP contribution in [0.25, 0.3) is 0 Å². The van der Waals surface area contributed by atoms with Crippen LogP contribution in [0.3, 0.4) is 0 Å². The summed E-state index contributed by atoms with van der Waals surface area (Å²) in [6, 6.07) is 6.95. The predicted molar refractivity (Wildman–Crippen MR) is 71.8 cm³/mol. The van der Waals surface area contributed by atoms with Crippen LogP contribution in [0.5, 0.6) is 5.75 Å². The minimum Gasteiger partial charge on any atom is -0.427 e. The number of benzene rings is 1. The number of carbonyl (C=O) groups excluding carboxylic acids is 1. The van der Waals surface area contributed by atoms with Crippen LogP contribution in [0.15, 0.2) is 24.3 Å². The van der Waals surface area contributed by atoms with Gasteiger partial charge in [-0.15, -0.1) is 0 Å². The van der Waals surface area contributed by atoms with Crippen LogP contribution in [-0.2, 0) is 4.79 Å². The van der Waals surface area contributed by atoms with Crippen LogP contribution in [0, 0.1) is 21.3 Å². The molecule has 1 rings (SSSR count). The summed E-state index contributed by atoms with van der Waals surface area (Å²) in [6.07, 6.45) is 0. The number of hydrogen-bond acceptors (Lipinski definition) is 6. The molecule has 6 heteroatoms. The first-order valence-corrected chi connectivity index (χ1v) is 6.88. The van der Waals surface area contributed by atoms with Crippen molar-refractivity contribution in [3.8, 4) is 16.6 Å². The third-order valence-corrected chi connectivity index (χ3v) is 3.68. The number of ether oxygens (including phenoxy) is 1. The van der Waals surface area contributed by atoms with E-state index in [1.165, 1.54) is 6.92 Å². The average Bonchev–Trinajstić information content (AvgIpc) is 2.35. The van der Waals surface area contributed by atoms with Crippen molar-refractivity contribution in [1.29, 1.82) is 10.5 Å². The van der Waals surface area contributed by atoms with Gasteiger partial charge in [0, 0.05) is 12.7 Å². The Bertz CT molecular complexity index is 488. The molecule has 0 bridgehead atoms. The highest BCUT2D eigenvalue weighted by molar-refractivity contribution is 8.07. The summed E-state index contributed by atoms with van der Waals surface area (Å²) >= 11 is 2.23. The largest absolute Gasteiger partial charge is 0.427 e. The van der Waals surface area contributed by atoms with E-state index in [4.69, 9.17) is 15.3 Å². The van der Waals surface area contributed by atoms with E-state index in [0.29, 0.717) is 11.5 Å². The fraction of sp³-hybridized carbons (Fsp3) is 0.250. The van der Waals surface area contributed by atoms with E-state index in [9.17, 15) is 4.79 Å². The van der Waals surface area contributed by atoms with Crippen LogP contribution in [0.1, 0.15) is 17.7 Å². The van der Waals surface area contributed by atoms with Gasteiger partial charge < -0.3 is 4.74 Å². The van der Waals surface area contributed by atoms with Crippen molar-refractivity contribution in [2.24, 2.45) is 0 Å². The van der Waals surface area contributed by atoms with Gasteiger partial charge in [0.1, 0.15) is 16.6 Å². The Labute approximate surface area is 114 Å². The first-order valence-electron chi connectivity index (χ1n) is 5.01. The molecule has 1 unspecified atom stereocenters. The molecular formula is C12H10N2O2S2. The molecule has 0 N–H and O–H groups in total. The van der Waals surface area contributed by atoms with E-state index < -0.39 is 0 Å². The van der Waals surface area contributed by atoms with Crippen molar-refractivity contribution in [3.63, 3.8) is 0 Å². The molecule has 1 aromatic rings.